The maximum atomic E-state index is 11.8. The molecule has 0 atom stereocenters. The summed E-state index contributed by atoms with van der Waals surface area (Å²) in [6.07, 6.45) is 1.68. The zero-order chi connectivity index (χ0) is 11.0. The van der Waals surface area contributed by atoms with Crippen LogP contribution in [0.1, 0.15) is 0 Å². The van der Waals surface area contributed by atoms with Crippen molar-refractivity contribution in [1.29, 1.82) is 0 Å². The number of nitrogens with zero attached hydrogens (tertiary/aromatic N) is 2. The molecule has 0 spiro atoms. The van der Waals surface area contributed by atoms with Gasteiger partial charge in [-0.1, -0.05) is 18.2 Å². The molecule has 0 saturated heterocycles. The number of fused-ring (bicyclic) bond motifs is 1. The summed E-state index contributed by atoms with van der Waals surface area (Å²) in [5.41, 5.74) is 2.05. The van der Waals surface area contributed by atoms with Gasteiger partial charge in [0, 0.05) is 6.20 Å². The van der Waals surface area contributed by atoms with Gasteiger partial charge in [-0.25, -0.2) is 14.3 Å². The fourth-order valence-corrected chi connectivity index (χ4v) is 1.76. The predicted octanol–water partition coefficient (Wildman–Crippen LogP) is 1.71. The number of rotatable bonds is 1. The average molecular weight is 211 g/mol. The maximum absolute atomic E-state index is 11.8. The molecule has 1 N–H and O–H groups in total. The summed E-state index contributed by atoms with van der Waals surface area (Å²) in [4.78, 5) is 18.8. The van der Waals surface area contributed by atoms with Crippen molar-refractivity contribution >= 4 is 11.2 Å². The molecule has 0 saturated carbocycles. The van der Waals surface area contributed by atoms with Crippen molar-refractivity contribution in [3.05, 3.63) is 59.1 Å². The summed E-state index contributed by atoms with van der Waals surface area (Å²) in [6.45, 7) is 0. The van der Waals surface area contributed by atoms with Gasteiger partial charge in [-0.15, -0.1) is 0 Å². The first kappa shape index (κ1) is 8.91. The third-order valence-corrected chi connectivity index (χ3v) is 2.46. The van der Waals surface area contributed by atoms with Crippen LogP contribution in [0.25, 0.3) is 16.9 Å². The summed E-state index contributed by atoms with van der Waals surface area (Å²) in [5, 5.41) is 0. The lowest BCUT2D eigenvalue weighted by Crippen LogP contribution is -2.14. The van der Waals surface area contributed by atoms with E-state index in [1.165, 1.54) is 0 Å². The van der Waals surface area contributed by atoms with Crippen molar-refractivity contribution in [3.8, 4) is 5.69 Å². The van der Waals surface area contributed by atoms with Crippen molar-refractivity contribution < 1.29 is 0 Å². The maximum Gasteiger partial charge on any atom is 0.332 e. The normalized spacial score (nSPS) is 10.8. The Morgan fingerprint density at radius 3 is 2.69 bits per heavy atom. The van der Waals surface area contributed by atoms with Gasteiger partial charge in [-0.3, -0.25) is 0 Å². The number of aromatic nitrogens is 3. The molecule has 3 aromatic rings. The van der Waals surface area contributed by atoms with Gasteiger partial charge < -0.3 is 4.98 Å². The molecule has 0 aliphatic heterocycles. The van der Waals surface area contributed by atoms with E-state index >= 15 is 0 Å². The Labute approximate surface area is 91.2 Å². The molecule has 2 aromatic heterocycles. The van der Waals surface area contributed by atoms with Gasteiger partial charge in [0.05, 0.1) is 11.2 Å². The standard InChI is InChI=1S/C12H9N3O/c16-12-14-10-7-4-8-13-11(10)15(12)9-5-2-1-3-6-9/h1-8H,(H,14,16). The minimum Gasteiger partial charge on any atom is -0.304 e. The Morgan fingerprint density at radius 1 is 1.06 bits per heavy atom. The first-order valence-corrected chi connectivity index (χ1v) is 4.97. The largest absolute Gasteiger partial charge is 0.332 e. The molecular weight excluding hydrogens is 202 g/mol. The van der Waals surface area contributed by atoms with E-state index in [-0.39, 0.29) is 5.69 Å². The van der Waals surface area contributed by atoms with E-state index in [1.807, 2.05) is 36.4 Å². The van der Waals surface area contributed by atoms with Crippen LogP contribution in [0.15, 0.2) is 53.5 Å². The molecule has 78 valence electrons. The van der Waals surface area contributed by atoms with Gasteiger partial charge >= 0.3 is 5.69 Å². The van der Waals surface area contributed by atoms with Crippen LogP contribution in [0, 0.1) is 0 Å². The molecule has 0 radical (unpaired) electrons. The summed E-state index contributed by atoms with van der Waals surface area (Å²) >= 11 is 0. The average Bonchev–Trinajstić information content (AvgIpc) is 2.66. The van der Waals surface area contributed by atoms with Crippen LogP contribution in [0.2, 0.25) is 0 Å². The number of para-hydroxylation sites is 1. The molecule has 0 bridgehead atoms. The number of aromatic amines is 1. The lowest BCUT2D eigenvalue weighted by molar-refractivity contribution is 1.00. The third-order valence-electron chi connectivity index (χ3n) is 2.46. The molecule has 1 aromatic carbocycles. The van der Waals surface area contributed by atoms with Crippen LogP contribution in [-0.2, 0) is 0 Å². The van der Waals surface area contributed by atoms with E-state index < -0.39 is 0 Å². The van der Waals surface area contributed by atoms with E-state index in [9.17, 15) is 4.79 Å². The second kappa shape index (κ2) is 3.34. The van der Waals surface area contributed by atoms with Crippen molar-refractivity contribution in [2.45, 2.75) is 0 Å². The fraction of sp³-hybridized carbons (Fsp3) is 0. The molecule has 16 heavy (non-hydrogen) atoms. The minimum atomic E-state index is -0.167. The van der Waals surface area contributed by atoms with Gasteiger partial charge in [0.2, 0.25) is 0 Å². The SMILES string of the molecule is O=c1[nH]c2cccnc2n1-c1ccccc1. The molecule has 0 amide bonds. The molecular formula is C12H9N3O. The van der Waals surface area contributed by atoms with E-state index in [2.05, 4.69) is 9.97 Å². The van der Waals surface area contributed by atoms with E-state index in [1.54, 1.807) is 16.8 Å². The molecule has 0 fully saturated rings. The Bertz CT molecular complexity index is 682. The highest BCUT2D eigenvalue weighted by molar-refractivity contribution is 5.72. The Morgan fingerprint density at radius 2 is 1.88 bits per heavy atom. The number of nitrogens with one attached hydrogen (secondary N) is 1. The van der Waals surface area contributed by atoms with E-state index in [0.717, 1.165) is 11.2 Å². The minimum absolute atomic E-state index is 0.167. The molecule has 0 unspecified atom stereocenters. The smallest absolute Gasteiger partial charge is 0.304 e. The second-order valence-corrected chi connectivity index (χ2v) is 3.48. The third kappa shape index (κ3) is 1.24. The molecule has 4 heteroatoms. The van der Waals surface area contributed by atoms with Crippen molar-refractivity contribution in [3.63, 3.8) is 0 Å². The van der Waals surface area contributed by atoms with Crippen LogP contribution in [0.4, 0.5) is 0 Å². The Hall–Kier alpha value is -2.36. The Kier molecular flexibility index (Phi) is 1.86. The summed E-state index contributed by atoms with van der Waals surface area (Å²) in [5.74, 6) is 0. The van der Waals surface area contributed by atoms with Gasteiger partial charge in [0.15, 0.2) is 5.65 Å². The molecule has 2 heterocycles. The summed E-state index contributed by atoms with van der Waals surface area (Å²) < 4.78 is 1.56. The van der Waals surface area contributed by atoms with Gasteiger partial charge in [-0.2, -0.15) is 0 Å². The van der Waals surface area contributed by atoms with Gasteiger partial charge in [0.1, 0.15) is 0 Å². The highest BCUT2D eigenvalue weighted by atomic mass is 16.1. The summed E-state index contributed by atoms with van der Waals surface area (Å²) in [6, 6.07) is 13.1. The highest BCUT2D eigenvalue weighted by Crippen LogP contribution is 2.11. The van der Waals surface area contributed by atoms with E-state index in [0.29, 0.717) is 5.65 Å². The molecule has 0 aliphatic carbocycles. The monoisotopic (exact) mass is 211 g/mol. The van der Waals surface area contributed by atoms with Crippen LogP contribution < -0.4 is 5.69 Å². The van der Waals surface area contributed by atoms with Gasteiger partial charge in [0.25, 0.3) is 0 Å². The van der Waals surface area contributed by atoms with Crippen molar-refractivity contribution in [2.24, 2.45) is 0 Å². The zero-order valence-corrected chi connectivity index (χ0v) is 8.42. The van der Waals surface area contributed by atoms with Crippen LogP contribution in [-0.4, -0.2) is 14.5 Å². The number of hydrogen-bond donors (Lipinski definition) is 1. The number of benzene rings is 1. The Balaban J connectivity index is 2.40. The number of hydrogen-bond acceptors (Lipinski definition) is 2. The molecule has 4 nitrogen and oxygen atoms in total. The lowest BCUT2D eigenvalue weighted by atomic mass is 10.3. The second-order valence-electron chi connectivity index (χ2n) is 3.48. The highest BCUT2D eigenvalue weighted by Gasteiger charge is 2.07. The molecule has 0 aliphatic rings. The first-order valence-electron chi connectivity index (χ1n) is 4.97. The van der Waals surface area contributed by atoms with Crippen LogP contribution in [0.3, 0.4) is 0 Å². The van der Waals surface area contributed by atoms with E-state index in [4.69, 9.17) is 0 Å². The van der Waals surface area contributed by atoms with Crippen molar-refractivity contribution in [1.82, 2.24) is 14.5 Å². The summed E-state index contributed by atoms with van der Waals surface area (Å²) in [7, 11) is 0. The van der Waals surface area contributed by atoms with Crippen molar-refractivity contribution in [2.75, 3.05) is 0 Å². The lowest BCUT2D eigenvalue weighted by Gasteiger charge is -2.00. The zero-order valence-electron chi connectivity index (χ0n) is 8.42. The van der Waals surface area contributed by atoms with Crippen LogP contribution in [0.5, 0.6) is 0 Å². The quantitative estimate of drug-likeness (QED) is 0.666. The fourth-order valence-electron chi connectivity index (χ4n) is 1.76. The topological polar surface area (TPSA) is 50.7 Å². The predicted molar refractivity (Wildman–Crippen MR) is 61.7 cm³/mol. The van der Waals surface area contributed by atoms with Crippen LogP contribution >= 0.6 is 0 Å². The number of pyridine rings is 1. The first-order chi connectivity index (χ1) is 7.86. The molecule has 3 rings (SSSR count). The number of imidazole rings is 1. The van der Waals surface area contributed by atoms with Gasteiger partial charge in [-0.05, 0) is 24.3 Å². The number of H-pyrrole nitrogens is 1.